The van der Waals surface area contributed by atoms with Gasteiger partial charge in [0.15, 0.2) is 6.10 Å². The molecule has 8 heteroatoms. The molecule has 0 unspecified atom stereocenters. The molecular weight excluding hydrogens is 360 g/mol. The first-order chi connectivity index (χ1) is 11.9. The van der Waals surface area contributed by atoms with Gasteiger partial charge in [-0.3, -0.25) is 10.1 Å². The Balaban J connectivity index is 1.85. The van der Waals surface area contributed by atoms with Gasteiger partial charge in [-0.05, 0) is 18.1 Å². The van der Waals surface area contributed by atoms with Crippen molar-refractivity contribution in [2.75, 3.05) is 0 Å². The van der Waals surface area contributed by atoms with Crippen LogP contribution in [-0.4, -0.2) is 24.0 Å². The smallest absolute Gasteiger partial charge is 0.349 e. The van der Waals surface area contributed by atoms with Crippen LogP contribution in [0.5, 0.6) is 0 Å². The van der Waals surface area contributed by atoms with Crippen molar-refractivity contribution in [3.05, 3.63) is 35.2 Å². The van der Waals surface area contributed by atoms with Crippen molar-refractivity contribution < 1.29 is 19.1 Å². The van der Waals surface area contributed by atoms with Gasteiger partial charge >= 0.3 is 12.0 Å². The molecular formula is C17H16N2O4S2. The number of imide groups is 1. The molecule has 130 valence electrons. The van der Waals surface area contributed by atoms with E-state index in [9.17, 15) is 14.4 Å². The van der Waals surface area contributed by atoms with Crippen molar-refractivity contribution in [1.29, 1.82) is 0 Å². The van der Waals surface area contributed by atoms with Gasteiger partial charge in [-0.1, -0.05) is 32.0 Å². The van der Waals surface area contributed by atoms with Crippen LogP contribution < -0.4 is 11.1 Å². The fourth-order valence-electron chi connectivity index (χ4n) is 2.46. The number of carbonyl (C=O) groups excluding carboxylic acids is 3. The Morgan fingerprint density at radius 2 is 1.84 bits per heavy atom. The predicted octanol–water partition coefficient (Wildman–Crippen LogP) is 3.49. The predicted molar refractivity (Wildman–Crippen MR) is 99.0 cm³/mol. The number of urea groups is 1. The molecule has 1 aromatic carbocycles. The first-order valence-electron chi connectivity index (χ1n) is 7.59. The first kappa shape index (κ1) is 17.4. The maximum absolute atomic E-state index is 12.5. The Kier molecular flexibility index (Phi) is 4.73. The van der Waals surface area contributed by atoms with E-state index in [1.165, 1.54) is 11.3 Å². The number of primary amides is 1. The normalized spacial score (nSPS) is 12.4. The number of nitrogens with one attached hydrogen (secondary N) is 1. The van der Waals surface area contributed by atoms with E-state index in [1.54, 1.807) is 31.3 Å². The van der Waals surface area contributed by atoms with E-state index >= 15 is 0 Å². The summed E-state index contributed by atoms with van der Waals surface area (Å²) in [5.41, 5.74) is 4.96. The molecule has 0 fully saturated rings. The van der Waals surface area contributed by atoms with Gasteiger partial charge in [0.2, 0.25) is 0 Å². The number of amides is 3. The van der Waals surface area contributed by atoms with Gasteiger partial charge in [0.1, 0.15) is 4.88 Å². The third-order valence-corrected chi connectivity index (χ3v) is 5.99. The lowest BCUT2D eigenvalue weighted by molar-refractivity contribution is -0.130. The van der Waals surface area contributed by atoms with Crippen molar-refractivity contribution in [2.45, 2.75) is 20.0 Å². The Morgan fingerprint density at radius 1 is 1.12 bits per heavy atom. The van der Waals surface area contributed by atoms with Crippen LogP contribution in [0.2, 0.25) is 0 Å². The molecule has 2 heterocycles. The Hall–Kier alpha value is -2.45. The molecule has 0 aliphatic carbocycles. The zero-order chi connectivity index (χ0) is 18.1. The number of thiophene rings is 2. The summed E-state index contributed by atoms with van der Waals surface area (Å²) in [6, 6.07) is 8.77. The zero-order valence-electron chi connectivity index (χ0n) is 13.6. The summed E-state index contributed by atoms with van der Waals surface area (Å²) < 4.78 is 8.51. The number of fused-ring (bicyclic) bond motifs is 3. The highest BCUT2D eigenvalue weighted by Gasteiger charge is 2.28. The van der Waals surface area contributed by atoms with Crippen molar-refractivity contribution in [3.8, 4) is 0 Å². The zero-order valence-corrected chi connectivity index (χ0v) is 15.2. The fraction of sp³-hybridized carbons (Fsp3) is 0.235. The van der Waals surface area contributed by atoms with E-state index in [0.717, 1.165) is 19.5 Å². The minimum absolute atomic E-state index is 0.301. The molecule has 3 aromatic rings. The number of carbonyl (C=O) groups is 3. The number of hydrogen-bond donors (Lipinski definition) is 2. The van der Waals surface area contributed by atoms with Crippen LogP contribution in [0.15, 0.2) is 30.3 Å². The van der Waals surface area contributed by atoms with Crippen LogP contribution in [0.25, 0.3) is 19.5 Å². The van der Waals surface area contributed by atoms with Gasteiger partial charge in [-0.25, -0.2) is 9.59 Å². The highest BCUT2D eigenvalue weighted by Crippen LogP contribution is 2.39. The molecule has 0 saturated carbocycles. The molecule has 0 aliphatic rings. The summed E-state index contributed by atoms with van der Waals surface area (Å²) in [7, 11) is 0. The summed E-state index contributed by atoms with van der Waals surface area (Å²) in [4.78, 5) is 35.7. The number of hydrogen-bond acceptors (Lipinski definition) is 6. The average molecular weight is 376 g/mol. The van der Waals surface area contributed by atoms with Crippen LogP contribution in [0.4, 0.5) is 4.79 Å². The Bertz CT molecular complexity index is 974. The van der Waals surface area contributed by atoms with E-state index < -0.39 is 24.0 Å². The highest BCUT2D eigenvalue weighted by molar-refractivity contribution is 7.33. The molecule has 0 bridgehead atoms. The van der Waals surface area contributed by atoms with Gasteiger partial charge in [-0.15, -0.1) is 22.7 Å². The molecule has 25 heavy (non-hydrogen) atoms. The summed E-state index contributed by atoms with van der Waals surface area (Å²) in [5, 5.41) is 3.05. The maximum atomic E-state index is 12.5. The lowest BCUT2D eigenvalue weighted by Crippen LogP contribution is -2.45. The van der Waals surface area contributed by atoms with Crippen molar-refractivity contribution in [2.24, 2.45) is 11.7 Å². The van der Waals surface area contributed by atoms with Gasteiger partial charge in [0.25, 0.3) is 5.91 Å². The maximum Gasteiger partial charge on any atom is 0.349 e. The second kappa shape index (κ2) is 6.81. The molecule has 1 atom stereocenters. The van der Waals surface area contributed by atoms with E-state index in [-0.39, 0.29) is 5.92 Å². The quantitative estimate of drug-likeness (QED) is 0.681. The SMILES string of the molecule is CC(C)[C@H](OC(=O)c1cc2sc3ccccc3c2s1)C(=O)NC(N)=O. The summed E-state index contributed by atoms with van der Waals surface area (Å²) in [6.07, 6.45) is -1.09. The van der Waals surface area contributed by atoms with E-state index in [4.69, 9.17) is 10.5 Å². The highest BCUT2D eigenvalue weighted by atomic mass is 32.1. The summed E-state index contributed by atoms with van der Waals surface area (Å²) in [6.45, 7) is 3.44. The van der Waals surface area contributed by atoms with Gasteiger partial charge in [-0.2, -0.15) is 0 Å². The number of benzene rings is 1. The second-order valence-electron chi connectivity index (χ2n) is 5.83. The Morgan fingerprint density at radius 3 is 2.52 bits per heavy atom. The molecule has 3 N–H and O–H groups in total. The van der Waals surface area contributed by atoms with Gasteiger partial charge < -0.3 is 10.5 Å². The number of nitrogens with two attached hydrogens (primary N) is 1. The molecule has 3 amide bonds. The van der Waals surface area contributed by atoms with E-state index in [0.29, 0.717) is 4.88 Å². The molecule has 2 aromatic heterocycles. The van der Waals surface area contributed by atoms with E-state index in [2.05, 4.69) is 0 Å². The molecule has 0 radical (unpaired) electrons. The van der Waals surface area contributed by atoms with Crippen molar-refractivity contribution in [1.82, 2.24) is 5.32 Å². The number of esters is 1. The summed E-state index contributed by atoms with van der Waals surface area (Å²) >= 11 is 2.94. The molecule has 0 spiro atoms. The number of ether oxygens (including phenoxy) is 1. The largest absolute Gasteiger partial charge is 0.448 e. The standard InChI is InChI=1S/C17H16N2O4S2/c1-8(2)13(15(20)19-17(18)22)23-16(21)12-7-11-14(25-12)9-5-3-4-6-10(9)24-11/h3-8,13H,1-2H3,(H3,18,19,20,22)/t13-/m0/s1. The van der Waals surface area contributed by atoms with Gasteiger partial charge in [0.05, 0.1) is 4.70 Å². The third kappa shape index (κ3) is 3.49. The van der Waals surface area contributed by atoms with Crippen molar-refractivity contribution >= 4 is 60.1 Å². The minimum Gasteiger partial charge on any atom is -0.448 e. The monoisotopic (exact) mass is 376 g/mol. The minimum atomic E-state index is -1.09. The second-order valence-corrected chi connectivity index (χ2v) is 7.96. The average Bonchev–Trinajstić information content (AvgIpc) is 3.08. The lowest BCUT2D eigenvalue weighted by atomic mass is 10.1. The lowest BCUT2D eigenvalue weighted by Gasteiger charge is -2.19. The first-order valence-corrected chi connectivity index (χ1v) is 9.22. The van der Waals surface area contributed by atoms with Crippen LogP contribution in [-0.2, 0) is 9.53 Å². The fourth-order valence-corrected chi connectivity index (χ4v) is 4.87. The van der Waals surface area contributed by atoms with Crippen LogP contribution in [0, 0.1) is 5.92 Å². The van der Waals surface area contributed by atoms with Crippen molar-refractivity contribution in [3.63, 3.8) is 0 Å². The van der Waals surface area contributed by atoms with Crippen LogP contribution in [0.1, 0.15) is 23.5 Å². The van der Waals surface area contributed by atoms with Crippen LogP contribution >= 0.6 is 22.7 Å². The molecule has 0 aliphatic heterocycles. The summed E-state index contributed by atoms with van der Waals surface area (Å²) in [5.74, 6) is -1.61. The van der Waals surface area contributed by atoms with Gasteiger partial charge in [0, 0.05) is 14.8 Å². The Labute approximate surface area is 151 Å². The molecule has 6 nitrogen and oxygen atoms in total. The van der Waals surface area contributed by atoms with E-state index in [1.807, 2.05) is 29.6 Å². The van der Waals surface area contributed by atoms with Crippen LogP contribution in [0.3, 0.4) is 0 Å². The molecule has 0 saturated heterocycles. The topological polar surface area (TPSA) is 98.5 Å². The number of rotatable bonds is 4. The third-order valence-electron chi connectivity index (χ3n) is 3.60. The molecule has 3 rings (SSSR count).